The Morgan fingerprint density at radius 1 is 1.06 bits per heavy atom. The summed E-state index contributed by atoms with van der Waals surface area (Å²) in [4.78, 5) is 17.7. The van der Waals surface area contributed by atoms with Crippen LogP contribution < -0.4 is 4.18 Å². The topological polar surface area (TPSA) is 90.7 Å². The van der Waals surface area contributed by atoms with Gasteiger partial charge in [0.05, 0.1) is 17.4 Å². The van der Waals surface area contributed by atoms with Crippen LogP contribution in [0.15, 0.2) is 48.8 Å². The van der Waals surface area contributed by atoms with Gasteiger partial charge < -0.3 is 18.4 Å². The predicted octanol–water partition coefficient (Wildman–Crippen LogP) is 4.78. The van der Waals surface area contributed by atoms with Crippen molar-refractivity contribution in [2.75, 3.05) is 6.54 Å². The lowest BCUT2D eigenvalue weighted by Gasteiger charge is -2.31. The van der Waals surface area contributed by atoms with Crippen LogP contribution in [0.5, 0.6) is 5.75 Å². The molecule has 35 heavy (non-hydrogen) atoms. The second-order valence-corrected chi connectivity index (χ2v) is 10.4. The van der Waals surface area contributed by atoms with E-state index in [0.29, 0.717) is 24.1 Å². The van der Waals surface area contributed by atoms with Gasteiger partial charge in [-0.2, -0.15) is 21.6 Å². The van der Waals surface area contributed by atoms with Gasteiger partial charge in [-0.15, -0.1) is 0 Å². The zero-order chi connectivity index (χ0) is 26.0. The van der Waals surface area contributed by atoms with E-state index in [2.05, 4.69) is 15.2 Å². The van der Waals surface area contributed by atoms with Gasteiger partial charge in [0.15, 0.2) is 0 Å². The molecule has 8 nitrogen and oxygen atoms in total. The minimum Gasteiger partial charge on any atom is -0.444 e. The number of halogens is 3. The van der Waals surface area contributed by atoms with E-state index in [4.69, 9.17) is 4.74 Å². The highest BCUT2D eigenvalue weighted by molar-refractivity contribution is 7.88. The molecule has 0 unspecified atom stereocenters. The maximum absolute atomic E-state index is 12.4. The van der Waals surface area contributed by atoms with Crippen molar-refractivity contribution in [1.29, 1.82) is 0 Å². The molecule has 0 bridgehead atoms. The fraction of sp³-hybridized carbons (Fsp3) is 0.391. The maximum atomic E-state index is 12.4. The number of fused-ring (bicyclic) bond motifs is 2. The summed E-state index contributed by atoms with van der Waals surface area (Å²) >= 11 is 0. The molecule has 2 heterocycles. The number of rotatable bonds is 2. The Kier molecular flexibility index (Phi) is 7.34. The number of carbonyl (C=O) groups excluding carboxylic acids is 1. The Morgan fingerprint density at radius 2 is 1.74 bits per heavy atom. The monoisotopic (exact) mass is 513 g/mol. The highest BCUT2D eigenvalue weighted by Gasteiger charge is 2.48. The third-order valence-corrected chi connectivity index (χ3v) is 5.94. The van der Waals surface area contributed by atoms with Crippen LogP contribution in [0.4, 0.5) is 18.0 Å². The first-order valence-electron chi connectivity index (χ1n) is 10.6. The Labute approximate surface area is 201 Å². The third kappa shape index (κ3) is 6.65. The van der Waals surface area contributed by atoms with Gasteiger partial charge in [-0.05, 0) is 62.6 Å². The average molecular weight is 514 g/mol. The molecule has 190 valence electrons. The number of aromatic nitrogens is 2. The molecule has 3 aromatic rings. The second-order valence-electron chi connectivity index (χ2n) is 8.91. The van der Waals surface area contributed by atoms with Crippen molar-refractivity contribution in [3.05, 3.63) is 59.9 Å². The molecule has 0 fully saturated rings. The van der Waals surface area contributed by atoms with Crippen LogP contribution in [0.25, 0.3) is 11.0 Å². The van der Waals surface area contributed by atoms with Crippen LogP contribution in [0, 0.1) is 0 Å². The van der Waals surface area contributed by atoms with Gasteiger partial charge in [-0.3, -0.25) is 0 Å². The number of ether oxygens (including phenoxy) is 1. The van der Waals surface area contributed by atoms with Gasteiger partial charge in [-0.1, -0.05) is 18.2 Å². The molecule has 1 aliphatic rings. The second kappa shape index (κ2) is 9.76. The minimum absolute atomic E-state index is 0.219. The molecular formula is C23H26F3N3O5S. The van der Waals surface area contributed by atoms with Crippen LogP contribution in [-0.2, 0) is 34.9 Å². The molecule has 1 aromatic heterocycles. The van der Waals surface area contributed by atoms with E-state index in [9.17, 15) is 26.4 Å². The van der Waals surface area contributed by atoms with E-state index < -0.39 is 33.1 Å². The summed E-state index contributed by atoms with van der Waals surface area (Å²) in [6.45, 7) is 5.75. The lowest BCUT2D eigenvalue weighted by atomic mass is 10.00. The number of alkyl halides is 3. The number of aryl methyl sites for hydroxylation is 1. The lowest BCUT2D eigenvalue weighted by Crippen LogP contribution is -2.39. The minimum atomic E-state index is -5.71. The molecule has 0 radical (unpaired) electrons. The number of imidazole rings is 1. The fourth-order valence-electron chi connectivity index (χ4n) is 3.32. The number of benzene rings is 2. The molecule has 4 rings (SSSR count). The van der Waals surface area contributed by atoms with E-state index >= 15 is 0 Å². The van der Waals surface area contributed by atoms with Crippen LogP contribution >= 0.6 is 0 Å². The Bertz CT molecular complexity index is 1310. The molecule has 2 aromatic carbocycles. The van der Waals surface area contributed by atoms with E-state index in [1.807, 2.05) is 36.1 Å². The van der Waals surface area contributed by atoms with E-state index in [0.717, 1.165) is 11.6 Å². The van der Waals surface area contributed by atoms with Crippen molar-refractivity contribution in [3.63, 3.8) is 0 Å². The molecule has 0 N–H and O–H groups in total. The first-order chi connectivity index (χ1) is 16.2. The number of hydrogen-bond acceptors (Lipinski definition) is 6. The molecule has 0 saturated carbocycles. The average Bonchev–Trinajstić information content (AvgIpc) is 3.13. The van der Waals surface area contributed by atoms with Crippen LogP contribution in [-0.4, -0.2) is 46.6 Å². The molecule has 0 saturated heterocycles. The van der Waals surface area contributed by atoms with Crippen molar-refractivity contribution in [2.24, 2.45) is 7.05 Å². The van der Waals surface area contributed by atoms with Gasteiger partial charge in [0.25, 0.3) is 0 Å². The SMILES string of the molecule is CC(C)(C)OC(=O)N1CCc2cc(OS(=O)(=O)C(F)(F)F)ccc2C1.Cn1cnc2ccccc21. The van der Waals surface area contributed by atoms with Gasteiger partial charge in [0.2, 0.25) is 0 Å². The first kappa shape index (κ1) is 26.3. The van der Waals surface area contributed by atoms with Gasteiger partial charge in [-0.25, -0.2) is 9.78 Å². The number of nitrogens with zero attached hydrogens (tertiary/aromatic N) is 3. The van der Waals surface area contributed by atoms with E-state index in [1.54, 1.807) is 20.8 Å². The van der Waals surface area contributed by atoms with Crippen molar-refractivity contribution < 1.29 is 35.3 Å². The fourth-order valence-corrected chi connectivity index (χ4v) is 3.77. The molecular weight excluding hydrogens is 487 g/mol. The summed E-state index contributed by atoms with van der Waals surface area (Å²) in [6.07, 6.45) is 1.68. The Morgan fingerprint density at radius 3 is 2.37 bits per heavy atom. The Balaban J connectivity index is 0.000000281. The van der Waals surface area contributed by atoms with Crippen molar-refractivity contribution in [2.45, 2.75) is 44.8 Å². The van der Waals surface area contributed by atoms with Crippen LogP contribution in [0.2, 0.25) is 0 Å². The van der Waals surface area contributed by atoms with Gasteiger partial charge in [0, 0.05) is 20.1 Å². The molecule has 12 heteroatoms. The summed E-state index contributed by atoms with van der Waals surface area (Å²) in [7, 11) is -3.71. The molecule has 0 spiro atoms. The quantitative estimate of drug-likeness (QED) is 0.362. The number of carbonyl (C=O) groups is 1. The van der Waals surface area contributed by atoms with Gasteiger partial charge >= 0.3 is 21.7 Å². The van der Waals surface area contributed by atoms with Crippen molar-refractivity contribution in [1.82, 2.24) is 14.5 Å². The molecule has 0 aliphatic carbocycles. The summed E-state index contributed by atoms with van der Waals surface area (Å²) in [5.41, 5.74) is -2.58. The van der Waals surface area contributed by atoms with Gasteiger partial charge in [0.1, 0.15) is 11.4 Å². The number of hydrogen-bond donors (Lipinski definition) is 0. The first-order valence-corrected chi connectivity index (χ1v) is 12.0. The summed E-state index contributed by atoms with van der Waals surface area (Å²) in [5.74, 6) is -0.415. The zero-order valence-corrected chi connectivity index (χ0v) is 20.5. The van der Waals surface area contributed by atoms with E-state index in [-0.39, 0.29) is 6.54 Å². The summed E-state index contributed by atoms with van der Waals surface area (Å²) in [6, 6.07) is 11.9. The third-order valence-electron chi connectivity index (χ3n) is 4.96. The molecule has 1 aliphatic heterocycles. The molecule has 1 amide bonds. The Hall–Kier alpha value is -3.28. The van der Waals surface area contributed by atoms with Crippen LogP contribution in [0.1, 0.15) is 31.9 Å². The van der Waals surface area contributed by atoms with Crippen molar-refractivity contribution in [3.8, 4) is 5.75 Å². The number of amides is 1. The van der Waals surface area contributed by atoms with Crippen molar-refractivity contribution >= 4 is 27.2 Å². The zero-order valence-electron chi connectivity index (χ0n) is 19.7. The highest BCUT2D eigenvalue weighted by Crippen LogP contribution is 2.30. The van der Waals surface area contributed by atoms with Crippen LogP contribution in [0.3, 0.4) is 0 Å². The molecule has 0 atom stereocenters. The predicted molar refractivity (Wildman–Crippen MR) is 123 cm³/mol. The lowest BCUT2D eigenvalue weighted by molar-refractivity contribution is -0.0500. The normalized spacial score (nSPS) is 14.1. The summed E-state index contributed by atoms with van der Waals surface area (Å²) < 4.78 is 70.6. The smallest absolute Gasteiger partial charge is 0.444 e. The van der Waals surface area contributed by atoms with E-state index in [1.165, 1.54) is 22.5 Å². The standard InChI is InChI=1S/C15H18F3NO5S.C8H8N2/c1-14(2,3)23-13(20)19-7-6-10-8-12(5-4-11(10)9-19)24-25(21,22)15(16,17)18;1-10-6-9-7-4-2-3-5-8(7)10/h4-5,8H,6-7,9H2,1-3H3;2-6H,1H3. The number of para-hydroxylation sites is 2. The largest absolute Gasteiger partial charge is 0.534 e. The summed E-state index contributed by atoms with van der Waals surface area (Å²) in [5, 5.41) is 0. The maximum Gasteiger partial charge on any atom is 0.534 e. The highest BCUT2D eigenvalue weighted by atomic mass is 32.2.